The third-order valence-corrected chi connectivity index (χ3v) is 16.4. The first-order chi connectivity index (χ1) is 23.1. The van der Waals surface area contributed by atoms with Crippen LogP contribution in [0.4, 0.5) is 5.69 Å². The maximum absolute atomic E-state index is 13.5. The molecule has 280 valence electrons. The molecule has 4 aliphatic carbocycles. The second kappa shape index (κ2) is 12.1. The van der Waals surface area contributed by atoms with Crippen LogP contribution >= 0.6 is 0 Å². The fourth-order valence-electron chi connectivity index (χ4n) is 12.6. The molecule has 3 N–H and O–H groups in total. The number of carboxylic acids is 1. The lowest BCUT2D eigenvalue weighted by Crippen LogP contribution is -2.71. The molecular weight excluding hydrogens is 632 g/mol. The summed E-state index contributed by atoms with van der Waals surface area (Å²) in [6, 6.07) is -0.479. The molecule has 50 heavy (non-hydrogen) atoms. The van der Waals surface area contributed by atoms with Gasteiger partial charge in [0, 0.05) is 16.9 Å². The van der Waals surface area contributed by atoms with Crippen LogP contribution in [0.25, 0.3) is 0 Å². The van der Waals surface area contributed by atoms with E-state index >= 15 is 0 Å². The normalized spacial score (nSPS) is 44.0. The third kappa shape index (κ3) is 5.03. The zero-order valence-electron chi connectivity index (χ0n) is 32.5. The number of hydrogen-bond acceptors (Lipinski definition) is 7. The Labute approximate surface area is 299 Å². The Balaban J connectivity index is 1.48. The van der Waals surface area contributed by atoms with Crippen molar-refractivity contribution in [3.63, 3.8) is 0 Å². The Morgan fingerprint density at radius 1 is 1.16 bits per heavy atom. The number of aliphatic carboxylic acids is 1. The summed E-state index contributed by atoms with van der Waals surface area (Å²) < 4.78 is 15.5. The molecular formula is C40H64N4O6. The highest BCUT2D eigenvalue weighted by Crippen LogP contribution is 2.76. The van der Waals surface area contributed by atoms with Gasteiger partial charge in [-0.2, -0.15) is 5.10 Å². The van der Waals surface area contributed by atoms with E-state index in [1.54, 1.807) is 10.9 Å². The van der Waals surface area contributed by atoms with Gasteiger partial charge in [-0.15, -0.1) is 0 Å². The average Bonchev–Trinajstić information content (AvgIpc) is 3.52. The van der Waals surface area contributed by atoms with Crippen LogP contribution in [0.5, 0.6) is 0 Å². The van der Waals surface area contributed by atoms with Crippen molar-refractivity contribution in [2.75, 3.05) is 19.8 Å². The number of hydrogen-bond donors (Lipinski definition) is 2. The predicted octanol–water partition coefficient (Wildman–Crippen LogP) is 7.93. The van der Waals surface area contributed by atoms with E-state index in [0.29, 0.717) is 32.2 Å². The smallest absolute Gasteiger partial charge is 0.307 e. The first-order valence-electron chi connectivity index (χ1n) is 19.2. The van der Waals surface area contributed by atoms with E-state index in [0.717, 1.165) is 25.7 Å². The van der Waals surface area contributed by atoms with Gasteiger partial charge in [0.15, 0.2) is 0 Å². The molecule has 1 unspecified atom stereocenters. The predicted molar refractivity (Wildman–Crippen MR) is 193 cm³/mol. The molecule has 1 aromatic heterocycles. The lowest BCUT2D eigenvalue weighted by molar-refractivity contribution is -0.385. The molecule has 4 fully saturated rings. The van der Waals surface area contributed by atoms with Gasteiger partial charge in [-0.05, 0) is 83.4 Å². The zero-order valence-corrected chi connectivity index (χ0v) is 32.5. The Hall–Kier alpha value is -2.30. The number of nitrogens with zero attached hydrogens (tertiary/aromatic N) is 3. The molecule has 0 aromatic carbocycles. The van der Waals surface area contributed by atoms with Crippen molar-refractivity contribution in [3.8, 4) is 0 Å². The fourth-order valence-corrected chi connectivity index (χ4v) is 12.6. The lowest BCUT2D eigenvalue weighted by Gasteiger charge is -2.72. The summed E-state index contributed by atoms with van der Waals surface area (Å²) in [5.74, 6) is -0.00487. The molecule has 2 bridgehead atoms. The van der Waals surface area contributed by atoms with Crippen molar-refractivity contribution in [2.45, 2.75) is 126 Å². The van der Waals surface area contributed by atoms with Gasteiger partial charge in [-0.1, -0.05) is 87.8 Å². The van der Waals surface area contributed by atoms with Crippen molar-refractivity contribution in [2.24, 2.45) is 73.7 Å². The minimum absolute atomic E-state index is 0.0247. The first kappa shape index (κ1) is 37.5. The van der Waals surface area contributed by atoms with E-state index in [2.05, 4.69) is 87.3 Å². The van der Waals surface area contributed by atoms with E-state index < -0.39 is 22.7 Å². The van der Waals surface area contributed by atoms with Crippen LogP contribution in [0.15, 0.2) is 24.0 Å². The van der Waals surface area contributed by atoms with Crippen LogP contribution in [-0.2, 0) is 14.3 Å². The van der Waals surface area contributed by atoms with Crippen LogP contribution in [0.3, 0.4) is 0 Å². The number of carboxylic acid groups (broad SMARTS) is 1. The molecule has 10 nitrogen and oxygen atoms in total. The molecule has 0 spiro atoms. The van der Waals surface area contributed by atoms with E-state index in [1.165, 1.54) is 11.8 Å². The molecule has 1 aliphatic heterocycles. The zero-order chi connectivity index (χ0) is 37.0. The average molecular weight is 697 g/mol. The number of nitrogens with two attached hydrogens (primary N) is 1. The minimum Gasteiger partial charge on any atom is -0.481 e. The molecule has 2 heterocycles. The standard InChI is InChI=1S/C40H64N4O6/c1-23(2)24(3)36(8)16-17-38(10)27-12-13-29-37(9)21-49-22-40(29,28(27)14-15-39(38,11)32(36)34(45)46)25(4)31(43-19-26(18-42-43)44(47)48)33(37)50-20-30(41)35(5,6)7/h14,18-19,23-25,27,29-33H,12-13,15-17,20-22,41H2,1-11H3,(H,45,46)/t24-,25?,27+,29+,30+,31-,32-,33+,36-,37+,38-,39+,40-/m1/s1. The van der Waals surface area contributed by atoms with Gasteiger partial charge in [-0.25, -0.2) is 0 Å². The molecule has 0 radical (unpaired) electrons. The van der Waals surface area contributed by atoms with Crippen LogP contribution in [-0.4, -0.2) is 57.7 Å². The van der Waals surface area contributed by atoms with Gasteiger partial charge < -0.3 is 20.3 Å². The summed E-state index contributed by atoms with van der Waals surface area (Å²) in [4.78, 5) is 25.0. The van der Waals surface area contributed by atoms with Crippen molar-refractivity contribution in [1.82, 2.24) is 9.78 Å². The highest BCUT2D eigenvalue weighted by molar-refractivity contribution is 5.73. The van der Waals surface area contributed by atoms with E-state index in [4.69, 9.17) is 15.2 Å². The Bertz CT molecular complexity index is 1530. The SMILES string of the molecule is CC(C)[C@@H](C)[C@@]1(C)CC[C@]2(C)[C@H]3CC[C@H]4[C@]5(C)COC[C@]4(C3=CC[C@@]2(C)[C@@H]1C(=O)O)C(C)[C@@H](n1cc([N+](=O)[O-])cn1)[C@@H]5OC[C@H](N)C(C)(C)C. The summed E-state index contributed by atoms with van der Waals surface area (Å²) in [5.41, 5.74) is 6.23. The first-order valence-corrected chi connectivity index (χ1v) is 19.2. The number of ether oxygens (including phenoxy) is 2. The molecule has 6 rings (SSSR count). The largest absolute Gasteiger partial charge is 0.481 e. The molecule has 1 aromatic rings. The highest BCUT2D eigenvalue weighted by Gasteiger charge is 2.73. The monoisotopic (exact) mass is 696 g/mol. The van der Waals surface area contributed by atoms with Crippen LogP contribution in [0.1, 0.15) is 114 Å². The Morgan fingerprint density at radius 3 is 2.42 bits per heavy atom. The Kier molecular flexibility index (Phi) is 9.08. The maximum Gasteiger partial charge on any atom is 0.307 e. The second-order valence-electron chi connectivity index (χ2n) is 19.7. The second-order valence-corrected chi connectivity index (χ2v) is 19.7. The summed E-state index contributed by atoms with van der Waals surface area (Å²) in [6.45, 7) is 26.1. The fraction of sp³-hybridized carbons (Fsp3) is 0.850. The molecule has 13 atom stereocenters. The van der Waals surface area contributed by atoms with Crippen LogP contribution in [0.2, 0.25) is 0 Å². The van der Waals surface area contributed by atoms with Crippen LogP contribution < -0.4 is 5.73 Å². The lowest BCUT2D eigenvalue weighted by atomic mass is 9.33. The maximum atomic E-state index is 13.5. The van der Waals surface area contributed by atoms with Crippen molar-refractivity contribution >= 4 is 11.7 Å². The quantitative estimate of drug-likeness (QED) is 0.159. The summed E-state index contributed by atoms with van der Waals surface area (Å²) >= 11 is 0. The third-order valence-electron chi connectivity index (χ3n) is 16.4. The number of allylic oxidation sites excluding steroid dienone is 1. The van der Waals surface area contributed by atoms with Crippen molar-refractivity contribution < 1.29 is 24.3 Å². The van der Waals surface area contributed by atoms with E-state index in [-0.39, 0.29) is 74.1 Å². The van der Waals surface area contributed by atoms with Gasteiger partial charge in [0.05, 0.1) is 42.8 Å². The summed E-state index contributed by atoms with van der Waals surface area (Å²) in [7, 11) is 0. The topological polar surface area (TPSA) is 143 Å². The Morgan fingerprint density at radius 2 is 1.84 bits per heavy atom. The van der Waals surface area contributed by atoms with E-state index in [1.807, 2.05) is 0 Å². The van der Waals surface area contributed by atoms with Gasteiger partial charge in [0.2, 0.25) is 0 Å². The van der Waals surface area contributed by atoms with Crippen molar-refractivity contribution in [3.05, 3.63) is 34.2 Å². The number of fused-ring (bicyclic) bond motifs is 3. The number of nitro groups is 1. The molecule has 0 amide bonds. The number of aromatic nitrogens is 2. The van der Waals surface area contributed by atoms with Gasteiger partial charge in [-0.3, -0.25) is 19.6 Å². The van der Waals surface area contributed by atoms with Gasteiger partial charge in [0.1, 0.15) is 12.4 Å². The van der Waals surface area contributed by atoms with E-state index in [9.17, 15) is 20.0 Å². The number of carbonyl (C=O) groups is 1. The van der Waals surface area contributed by atoms with Gasteiger partial charge >= 0.3 is 11.7 Å². The molecule has 1 saturated heterocycles. The summed E-state index contributed by atoms with van der Waals surface area (Å²) in [5, 5.41) is 27.6. The highest BCUT2D eigenvalue weighted by atomic mass is 16.6. The van der Waals surface area contributed by atoms with Crippen molar-refractivity contribution in [1.29, 1.82) is 0 Å². The van der Waals surface area contributed by atoms with Crippen LogP contribution in [0, 0.1) is 78.1 Å². The number of rotatable bonds is 8. The molecule has 3 saturated carbocycles. The van der Waals surface area contributed by atoms with Gasteiger partial charge in [0.25, 0.3) is 0 Å². The molecule has 5 aliphatic rings. The molecule has 10 heteroatoms. The summed E-state index contributed by atoms with van der Waals surface area (Å²) in [6.07, 6.45) is 9.63. The minimum atomic E-state index is -0.662.